The van der Waals surface area contributed by atoms with Gasteiger partial charge in [-0.25, -0.2) is 8.42 Å². The Bertz CT molecular complexity index is 542. The van der Waals surface area contributed by atoms with Crippen molar-refractivity contribution in [2.24, 2.45) is 5.73 Å². The number of primary amides is 1. The molecule has 19 heavy (non-hydrogen) atoms. The maximum atomic E-state index is 11.8. The standard InChI is InChI=1S/C12H18N2O4S/c1-18-11-7-4-3-6-10(11)14(19(2,16)17)9-5-8-12(13)15/h3-4,6-7H,5,8-9H2,1-2H3,(H2,13,15). The van der Waals surface area contributed by atoms with Gasteiger partial charge in [-0.2, -0.15) is 0 Å². The molecule has 0 aliphatic carbocycles. The number of amides is 1. The van der Waals surface area contributed by atoms with Gasteiger partial charge in [0.05, 0.1) is 19.1 Å². The Kier molecular flexibility index (Phi) is 5.17. The third-order valence-electron chi connectivity index (χ3n) is 2.54. The summed E-state index contributed by atoms with van der Waals surface area (Å²) in [6, 6.07) is 6.82. The molecule has 6 nitrogen and oxygen atoms in total. The van der Waals surface area contributed by atoms with Crippen LogP contribution in [0.5, 0.6) is 5.75 Å². The lowest BCUT2D eigenvalue weighted by Gasteiger charge is -2.23. The second-order valence-electron chi connectivity index (χ2n) is 4.08. The molecule has 0 bridgehead atoms. The molecule has 0 aliphatic heterocycles. The topological polar surface area (TPSA) is 89.7 Å². The van der Waals surface area contributed by atoms with Gasteiger partial charge in [-0.15, -0.1) is 0 Å². The smallest absolute Gasteiger partial charge is 0.232 e. The van der Waals surface area contributed by atoms with Gasteiger partial charge in [0.25, 0.3) is 0 Å². The van der Waals surface area contributed by atoms with Gasteiger partial charge in [0.2, 0.25) is 15.9 Å². The van der Waals surface area contributed by atoms with E-state index in [0.717, 1.165) is 6.26 Å². The average Bonchev–Trinajstić information content (AvgIpc) is 2.33. The van der Waals surface area contributed by atoms with Gasteiger partial charge >= 0.3 is 0 Å². The molecule has 1 rings (SSSR count). The van der Waals surface area contributed by atoms with E-state index in [1.165, 1.54) is 11.4 Å². The number of hydrogen-bond donors (Lipinski definition) is 1. The normalized spacial score (nSPS) is 11.1. The summed E-state index contributed by atoms with van der Waals surface area (Å²) in [6.45, 7) is 0.183. The summed E-state index contributed by atoms with van der Waals surface area (Å²) < 4.78 is 30.0. The monoisotopic (exact) mass is 286 g/mol. The SMILES string of the molecule is COc1ccccc1N(CCCC(N)=O)S(C)(=O)=O. The Balaban J connectivity index is 3.00. The molecule has 0 aliphatic rings. The van der Waals surface area contributed by atoms with Crippen molar-refractivity contribution >= 4 is 21.6 Å². The van der Waals surface area contributed by atoms with Crippen molar-refractivity contribution in [3.05, 3.63) is 24.3 Å². The Hall–Kier alpha value is -1.76. The van der Waals surface area contributed by atoms with Crippen molar-refractivity contribution in [1.82, 2.24) is 0 Å². The summed E-state index contributed by atoms with van der Waals surface area (Å²) >= 11 is 0. The van der Waals surface area contributed by atoms with Gasteiger partial charge in [0.1, 0.15) is 5.75 Å². The maximum Gasteiger partial charge on any atom is 0.232 e. The van der Waals surface area contributed by atoms with Crippen LogP contribution in [0.3, 0.4) is 0 Å². The van der Waals surface area contributed by atoms with E-state index < -0.39 is 15.9 Å². The van der Waals surface area contributed by atoms with Crippen LogP contribution < -0.4 is 14.8 Å². The third kappa shape index (κ3) is 4.44. The molecule has 2 N–H and O–H groups in total. The lowest BCUT2D eigenvalue weighted by molar-refractivity contribution is -0.118. The Labute approximate surface area is 113 Å². The summed E-state index contributed by atoms with van der Waals surface area (Å²) in [5.41, 5.74) is 5.51. The van der Waals surface area contributed by atoms with Crippen molar-refractivity contribution in [2.75, 3.05) is 24.2 Å². The molecule has 0 saturated carbocycles. The highest BCUT2D eigenvalue weighted by Crippen LogP contribution is 2.29. The number of para-hydroxylation sites is 2. The Morgan fingerprint density at radius 1 is 1.37 bits per heavy atom. The van der Waals surface area contributed by atoms with Crippen LogP contribution >= 0.6 is 0 Å². The first-order valence-corrected chi connectivity index (χ1v) is 7.60. The first-order valence-electron chi connectivity index (χ1n) is 5.75. The summed E-state index contributed by atoms with van der Waals surface area (Å²) in [4.78, 5) is 10.7. The molecule has 1 aromatic rings. The fraction of sp³-hybridized carbons (Fsp3) is 0.417. The number of benzene rings is 1. The van der Waals surface area contributed by atoms with Gasteiger partial charge in [0.15, 0.2) is 0 Å². The summed E-state index contributed by atoms with van der Waals surface area (Å²) in [5, 5.41) is 0. The molecule has 0 spiro atoms. The van der Waals surface area contributed by atoms with E-state index in [0.29, 0.717) is 17.9 Å². The zero-order chi connectivity index (χ0) is 14.5. The van der Waals surface area contributed by atoms with Crippen molar-refractivity contribution in [3.63, 3.8) is 0 Å². The number of ether oxygens (including phenoxy) is 1. The largest absolute Gasteiger partial charge is 0.495 e. The fourth-order valence-corrected chi connectivity index (χ4v) is 2.67. The molecule has 0 aromatic heterocycles. The number of nitrogens with two attached hydrogens (primary N) is 1. The maximum absolute atomic E-state index is 11.8. The minimum Gasteiger partial charge on any atom is -0.495 e. The Morgan fingerprint density at radius 2 is 2.00 bits per heavy atom. The van der Waals surface area contributed by atoms with Crippen molar-refractivity contribution < 1.29 is 17.9 Å². The number of carbonyl (C=O) groups excluding carboxylic acids is 1. The van der Waals surface area contributed by atoms with Crippen LogP contribution in [-0.4, -0.2) is 34.2 Å². The predicted molar refractivity (Wildman–Crippen MR) is 73.6 cm³/mol. The fourth-order valence-electron chi connectivity index (χ4n) is 1.70. The van der Waals surface area contributed by atoms with Crippen LogP contribution in [0.2, 0.25) is 0 Å². The van der Waals surface area contributed by atoms with Crippen LogP contribution in [0.15, 0.2) is 24.3 Å². The van der Waals surface area contributed by atoms with Crippen LogP contribution in [0.25, 0.3) is 0 Å². The van der Waals surface area contributed by atoms with E-state index >= 15 is 0 Å². The Morgan fingerprint density at radius 3 is 2.53 bits per heavy atom. The van der Waals surface area contributed by atoms with Crippen LogP contribution in [-0.2, 0) is 14.8 Å². The highest BCUT2D eigenvalue weighted by molar-refractivity contribution is 7.92. The molecule has 0 saturated heterocycles. The van der Waals surface area contributed by atoms with E-state index in [2.05, 4.69) is 0 Å². The molecule has 0 radical (unpaired) electrons. The van der Waals surface area contributed by atoms with E-state index in [4.69, 9.17) is 10.5 Å². The van der Waals surface area contributed by atoms with E-state index in [-0.39, 0.29) is 13.0 Å². The minimum absolute atomic E-state index is 0.140. The predicted octanol–water partition coefficient (Wildman–Crippen LogP) is 0.727. The number of hydrogen-bond acceptors (Lipinski definition) is 4. The zero-order valence-corrected chi connectivity index (χ0v) is 11.8. The van der Waals surface area contributed by atoms with Crippen LogP contribution in [0.1, 0.15) is 12.8 Å². The van der Waals surface area contributed by atoms with Crippen LogP contribution in [0, 0.1) is 0 Å². The molecule has 1 aromatic carbocycles. The third-order valence-corrected chi connectivity index (χ3v) is 3.72. The first-order chi connectivity index (χ1) is 8.86. The molecule has 7 heteroatoms. The van der Waals surface area contributed by atoms with Crippen molar-refractivity contribution in [1.29, 1.82) is 0 Å². The van der Waals surface area contributed by atoms with Crippen LogP contribution in [0.4, 0.5) is 5.69 Å². The first kappa shape index (κ1) is 15.3. The number of sulfonamides is 1. The molecule has 1 amide bonds. The van der Waals surface area contributed by atoms with Gasteiger partial charge < -0.3 is 10.5 Å². The quantitative estimate of drug-likeness (QED) is 0.800. The highest BCUT2D eigenvalue weighted by atomic mass is 32.2. The summed E-state index contributed by atoms with van der Waals surface area (Å²) in [6.07, 6.45) is 1.62. The van der Waals surface area contributed by atoms with Crippen molar-refractivity contribution in [3.8, 4) is 5.75 Å². The number of rotatable bonds is 7. The number of carbonyl (C=O) groups is 1. The minimum atomic E-state index is -3.45. The van der Waals surface area contributed by atoms with Gasteiger partial charge in [-0.05, 0) is 18.6 Å². The molecular weight excluding hydrogens is 268 g/mol. The van der Waals surface area contributed by atoms with E-state index in [1.54, 1.807) is 24.3 Å². The van der Waals surface area contributed by atoms with Gasteiger partial charge in [0, 0.05) is 13.0 Å². The molecular formula is C12H18N2O4S. The average molecular weight is 286 g/mol. The molecule has 0 fully saturated rings. The van der Waals surface area contributed by atoms with E-state index in [1.807, 2.05) is 0 Å². The van der Waals surface area contributed by atoms with Crippen molar-refractivity contribution in [2.45, 2.75) is 12.8 Å². The molecule has 0 heterocycles. The second kappa shape index (κ2) is 6.42. The molecule has 106 valence electrons. The summed E-state index contributed by atoms with van der Waals surface area (Å²) in [5.74, 6) is 0.0143. The zero-order valence-electron chi connectivity index (χ0n) is 11.0. The lowest BCUT2D eigenvalue weighted by atomic mass is 10.2. The number of nitrogens with zero attached hydrogens (tertiary/aromatic N) is 1. The van der Waals surface area contributed by atoms with Gasteiger partial charge in [-0.1, -0.05) is 12.1 Å². The molecule has 0 atom stereocenters. The molecule has 0 unspecified atom stereocenters. The summed E-state index contributed by atoms with van der Waals surface area (Å²) in [7, 11) is -1.97. The number of anilines is 1. The van der Waals surface area contributed by atoms with Gasteiger partial charge in [-0.3, -0.25) is 9.10 Å². The second-order valence-corrected chi connectivity index (χ2v) is 5.98. The lowest BCUT2D eigenvalue weighted by Crippen LogP contribution is -2.31. The van der Waals surface area contributed by atoms with E-state index in [9.17, 15) is 13.2 Å². The number of methoxy groups -OCH3 is 1. The highest BCUT2D eigenvalue weighted by Gasteiger charge is 2.20.